The van der Waals surface area contributed by atoms with E-state index in [9.17, 15) is 9.59 Å². The first-order valence-corrected chi connectivity index (χ1v) is 12.6. The highest BCUT2D eigenvalue weighted by atomic mass is 35.5. The van der Waals surface area contributed by atoms with Crippen molar-refractivity contribution >= 4 is 46.8 Å². The summed E-state index contributed by atoms with van der Waals surface area (Å²) >= 11 is 12.3. The molecule has 5 rings (SSSR count). The van der Waals surface area contributed by atoms with Crippen molar-refractivity contribution in [3.63, 3.8) is 0 Å². The zero-order valence-corrected chi connectivity index (χ0v) is 21.3. The maximum Gasteiger partial charge on any atom is 0.247 e. The smallest absolute Gasteiger partial charge is 0.247 e. The lowest BCUT2D eigenvalue weighted by Gasteiger charge is -2.31. The van der Waals surface area contributed by atoms with E-state index < -0.39 is 6.04 Å². The molecule has 1 aromatic heterocycles. The quantitative estimate of drug-likeness (QED) is 0.478. The SMILES string of the molecule is O=C(Nc1cccc(Cl)c1)C1CC(N2CCOCC2)CN1C(=O)/C=C/c1cc(Cl)ccc1-n1cnnn1. The summed E-state index contributed by atoms with van der Waals surface area (Å²) in [6.45, 7) is 3.25. The summed E-state index contributed by atoms with van der Waals surface area (Å²) in [7, 11) is 0. The van der Waals surface area contributed by atoms with Crippen LogP contribution in [0.1, 0.15) is 12.0 Å². The second kappa shape index (κ2) is 11.4. The maximum atomic E-state index is 13.5. The summed E-state index contributed by atoms with van der Waals surface area (Å²) in [6.07, 6.45) is 5.12. The average molecular weight is 542 g/mol. The van der Waals surface area contributed by atoms with E-state index in [1.165, 1.54) is 17.1 Å². The van der Waals surface area contributed by atoms with Gasteiger partial charge in [0.2, 0.25) is 11.8 Å². The second-order valence-electron chi connectivity index (χ2n) is 8.83. The lowest BCUT2D eigenvalue weighted by atomic mass is 10.1. The van der Waals surface area contributed by atoms with Crippen molar-refractivity contribution in [2.24, 2.45) is 0 Å². The number of carbonyl (C=O) groups is 2. The lowest BCUT2D eigenvalue weighted by Crippen LogP contribution is -2.45. The van der Waals surface area contributed by atoms with E-state index in [1.807, 2.05) is 0 Å². The third-order valence-electron chi connectivity index (χ3n) is 6.51. The molecule has 1 N–H and O–H groups in total. The van der Waals surface area contributed by atoms with Gasteiger partial charge in [-0.1, -0.05) is 29.3 Å². The molecule has 0 radical (unpaired) electrons. The molecule has 0 saturated carbocycles. The molecule has 0 aliphatic carbocycles. The van der Waals surface area contributed by atoms with Crippen molar-refractivity contribution < 1.29 is 14.3 Å². The van der Waals surface area contributed by atoms with Gasteiger partial charge in [0.25, 0.3) is 0 Å². The van der Waals surface area contributed by atoms with Crippen LogP contribution in [-0.2, 0) is 14.3 Å². The molecule has 2 amide bonds. The van der Waals surface area contributed by atoms with Gasteiger partial charge in [0, 0.05) is 53.0 Å². The van der Waals surface area contributed by atoms with Gasteiger partial charge in [-0.15, -0.1) is 5.10 Å². The van der Waals surface area contributed by atoms with Gasteiger partial charge in [0.15, 0.2) is 0 Å². The first-order valence-electron chi connectivity index (χ1n) is 11.9. The number of likely N-dealkylation sites (tertiary alicyclic amines) is 1. The molecule has 2 fully saturated rings. The van der Waals surface area contributed by atoms with Crippen LogP contribution in [0, 0.1) is 0 Å². The number of nitrogens with zero attached hydrogens (tertiary/aromatic N) is 6. The minimum Gasteiger partial charge on any atom is -0.379 e. The van der Waals surface area contributed by atoms with Gasteiger partial charge in [-0.2, -0.15) is 4.68 Å². The van der Waals surface area contributed by atoms with Crippen molar-refractivity contribution in [1.82, 2.24) is 30.0 Å². The first-order chi connectivity index (χ1) is 18.0. The van der Waals surface area contributed by atoms with Crippen LogP contribution < -0.4 is 5.32 Å². The maximum absolute atomic E-state index is 13.5. The van der Waals surface area contributed by atoms with Crippen molar-refractivity contribution in [2.75, 3.05) is 38.2 Å². The number of anilines is 1. The number of halogens is 2. The Labute approximate surface area is 223 Å². The Hall–Kier alpha value is -3.31. The summed E-state index contributed by atoms with van der Waals surface area (Å²) in [5.41, 5.74) is 1.92. The predicted molar refractivity (Wildman–Crippen MR) is 140 cm³/mol. The number of amides is 2. The number of nitrogens with one attached hydrogen (secondary N) is 1. The highest BCUT2D eigenvalue weighted by molar-refractivity contribution is 6.31. The third kappa shape index (κ3) is 5.99. The first kappa shape index (κ1) is 25.3. The number of rotatable bonds is 6. The molecule has 2 aliphatic rings. The van der Waals surface area contributed by atoms with E-state index >= 15 is 0 Å². The van der Waals surface area contributed by atoms with Crippen LogP contribution in [0.5, 0.6) is 0 Å². The minimum absolute atomic E-state index is 0.0549. The lowest BCUT2D eigenvalue weighted by molar-refractivity contribution is -0.132. The fraction of sp³-hybridized carbons (Fsp3) is 0.320. The average Bonchev–Trinajstić information content (AvgIpc) is 3.59. The van der Waals surface area contributed by atoms with Gasteiger partial charge in [-0.3, -0.25) is 14.5 Å². The van der Waals surface area contributed by atoms with E-state index in [4.69, 9.17) is 27.9 Å². The topological polar surface area (TPSA) is 105 Å². The van der Waals surface area contributed by atoms with Gasteiger partial charge in [0.05, 0.1) is 18.9 Å². The number of carbonyl (C=O) groups excluding carboxylic acids is 2. The number of ether oxygens (including phenoxy) is 1. The minimum atomic E-state index is -0.637. The Morgan fingerprint density at radius 1 is 1.08 bits per heavy atom. The Balaban J connectivity index is 1.38. The summed E-state index contributed by atoms with van der Waals surface area (Å²) < 4.78 is 6.98. The monoisotopic (exact) mass is 541 g/mol. The molecule has 3 aromatic rings. The van der Waals surface area contributed by atoms with Crippen LogP contribution in [0.4, 0.5) is 5.69 Å². The van der Waals surface area contributed by atoms with Gasteiger partial charge in [0.1, 0.15) is 12.4 Å². The Morgan fingerprint density at radius 3 is 2.65 bits per heavy atom. The summed E-state index contributed by atoms with van der Waals surface area (Å²) in [6, 6.07) is 11.6. The fourth-order valence-electron chi connectivity index (χ4n) is 4.70. The van der Waals surface area contributed by atoms with Crippen molar-refractivity contribution in [2.45, 2.75) is 18.5 Å². The zero-order valence-electron chi connectivity index (χ0n) is 19.8. The standard InChI is InChI=1S/C25H25Cl2N7O3/c26-18-2-1-3-20(13-18)29-25(36)23-14-21(32-8-10-37-11-9-32)15-33(23)24(35)7-4-17-12-19(27)5-6-22(17)34-16-28-30-31-34/h1-7,12-13,16,21,23H,8-11,14-15H2,(H,29,36)/b7-4+. The molecule has 2 atom stereocenters. The zero-order chi connectivity index (χ0) is 25.8. The van der Waals surface area contributed by atoms with Gasteiger partial charge in [-0.05, 0) is 59.3 Å². The molecule has 2 saturated heterocycles. The summed E-state index contributed by atoms with van der Waals surface area (Å²) in [5, 5.41) is 15.2. The molecule has 0 bridgehead atoms. The third-order valence-corrected chi connectivity index (χ3v) is 6.98. The molecule has 2 aliphatic heterocycles. The van der Waals surface area contributed by atoms with Crippen molar-refractivity contribution in [3.8, 4) is 5.69 Å². The summed E-state index contributed by atoms with van der Waals surface area (Å²) in [5.74, 6) is -0.526. The highest BCUT2D eigenvalue weighted by Crippen LogP contribution is 2.26. The van der Waals surface area contributed by atoms with Gasteiger partial charge in [-0.25, -0.2) is 0 Å². The van der Waals surface area contributed by atoms with E-state index in [0.29, 0.717) is 53.2 Å². The molecular weight excluding hydrogens is 517 g/mol. The van der Waals surface area contributed by atoms with Gasteiger partial charge < -0.3 is 15.0 Å². The molecule has 2 unspecified atom stereocenters. The number of aromatic nitrogens is 4. The summed E-state index contributed by atoms with van der Waals surface area (Å²) in [4.78, 5) is 30.7. The Morgan fingerprint density at radius 2 is 1.89 bits per heavy atom. The number of morpholine rings is 1. The molecular formula is C25H25Cl2N7O3. The molecule has 0 spiro atoms. The molecule has 2 aromatic carbocycles. The number of hydrogen-bond donors (Lipinski definition) is 1. The normalized spacial score (nSPS) is 20.4. The van der Waals surface area contributed by atoms with Crippen LogP contribution >= 0.6 is 23.2 Å². The van der Waals surface area contributed by atoms with Crippen LogP contribution in [0.15, 0.2) is 54.9 Å². The molecule has 3 heterocycles. The predicted octanol–water partition coefficient (Wildman–Crippen LogP) is 2.92. The molecule has 10 nitrogen and oxygen atoms in total. The van der Waals surface area contributed by atoms with Crippen LogP contribution in [-0.4, -0.2) is 86.8 Å². The number of hydrogen-bond acceptors (Lipinski definition) is 7. The van der Waals surface area contributed by atoms with Crippen LogP contribution in [0.25, 0.3) is 11.8 Å². The molecule has 37 heavy (non-hydrogen) atoms. The highest BCUT2D eigenvalue weighted by Gasteiger charge is 2.41. The Bertz CT molecular complexity index is 1300. The van der Waals surface area contributed by atoms with Gasteiger partial charge >= 0.3 is 0 Å². The van der Waals surface area contributed by atoms with Crippen molar-refractivity contribution in [1.29, 1.82) is 0 Å². The van der Waals surface area contributed by atoms with E-state index in [-0.39, 0.29) is 17.9 Å². The number of tetrazole rings is 1. The van der Waals surface area contributed by atoms with Crippen molar-refractivity contribution in [3.05, 3.63) is 70.5 Å². The molecule has 192 valence electrons. The van der Waals surface area contributed by atoms with E-state index in [0.717, 1.165) is 13.1 Å². The van der Waals surface area contributed by atoms with E-state index in [1.54, 1.807) is 53.4 Å². The Kier molecular flexibility index (Phi) is 7.80. The largest absolute Gasteiger partial charge is 0.379 e. The number of benzene rings is 2. The van der Waals surface area contributed by atoms with Crippen LogP contribution in [0.3, 0.4) is 0 Å². The van der Waals surface area contributed by atoms with Crippen LogP contribution in [0.2, 0.25) is 10.0 Å². The second-order valence-corrected chi connectivity index (χ2v) is 9.71. The molecule has 12 heteroatoms. The van der Waals surface area contributed by atoms with E-state index in [2.05, 4.69) is 25.7 Å². The fourth-order valence-corrected chi connectivity index (χ4v) is 5.07.